The zero-order chi connectivity index (χ0) is 14.3. The van der Waals surface area contributed by atoms with Gasteiger partial charge in [0.05, 0.1) is 13.2 Å². The Hall–Kier alpha value is -1.40. The number of carbonyl (C=O) groups excluding carboxylic acids is 2. The number of nitrogens with one attached hydrogen (secondary N) is 1. The molecular formula is C13H17BrN2O3. The van der Waals surface area contributed by atoms with Gasteiger partial charge in [0.2, 0.25) is 11.8 Å². The second kappa shape index (κ2) is 7.91. The summed E-state index contributed by atoms with van der Waals surface area (Å²) in [5.41, 5.74) is 0.689. The Kier molecular flexibility index (Phi) is 6.52. The summed E-state index contributed by atoms with van der Waals surface area (Å²) >= 11 is 3.33. The zero-order valence-corrected chi connectivity index (χ0v) is 12.6. The van der Waals surface area contributed by atoms with Gasteiger partial charge < -0.3 is 15.0 Å². The Bertz CT molecular complexity index is 451. The molecule has 104 valence electrons. The van der Waals surface area contributed by atoms with Crippen LogP contribution in [0.1, 0.15) is 6.92 Å². The minimum Gasteiger partial charge on any atom is -0.383 e. The lowest BCUT2D eigenvalue weighted by Gasteiger charge is -2.20. The van der Waals surface area contributed by atoms with Crippen molar-refractivity contribution in [3.8, 4) is 0 Å². The van der Waals surface area contributed by atoms with Crippen molar-refractivity contribution >= 4 is 33.4 Å². The van der Waals surface area contributed by atoms with Crippen molar-refractivity contribution in [3.05, 3.63) is 28.7 Å². The second-order valence-electron chi connectivity index (χ2n) is 3.99. The molecule has 2 amide bonds. The van der Waals surface area contributed by atoms with Gasteiger partial charge in [-0.05, 0) is 18.2 Å². The number of hydrogen-bond acceptors (Lipinski definition) is 3. The van der Waals surface area contributed by atoms with E-state index in [1.807, 2.05) is 12.1 Å². The smallest absolute Gasteiger partial charge is 0.243 e. The van der Waals surface area contributed by atoms with Gasteiger partial charge in [0.15, 0.2) is 0 Å². The molecule has 0 aliphatic carbocycles. The minimum absolute atomic E-state index is 0.0191. The summed E-state index contributed by atoms with van der Waals surface area (Å²) in [6.45, 7) is 2.26. The van der Waals surface area contributed by atoms with Gasteiger partial charge in [0.25, 0.3) is 0 Å². The lowest BCUT2D eigenvalue weighted by atomic mass is 10.3. The number of hydrogen-bond donors (Lipinski definition) is 1. The lowest BCUT2D eigenvalue weighted by molar-refractivity contribution is -0.133. The molecule has 0 aliphatic rings. The van der Waals surface area contributed by atoms with E-state index in [9.17, 15) is 9.59 Å². The summed E-state index contributed by atoms with van der Waals surface area (Å²) in [5, 5.41) is 2.74. The van der Waals surface area contributed by atoms with Gasteiger partial charge in [0, 0.05) is 30.7 Å². The normalized spacial score (nSPS) is 10.1. The molecule has 5 nitrogen and oxygen atoms in total. The number of methoxy groups -OCH3 is 1. The van der Waals surface area contributed by atoms with Crippen molar-refractivity contribution in [3.63, 3.8) is 0 Å². The number of halogens is 1. The minimum atomic E-state index is -0.232. The van der Waals surface area contributed by atoms with Crippen LogP contribution < -0.4 is 5.32 Å². The first kappa shape index (κ1) is 15.7. The fourth-order valence-corrected chi connectivity index (χ4v) is 1.89. The van der Waals surface area contributed by atoms with Crippen LogP contribution in [0, 0.1) is 0 Å². The summed E-state index contributed by atoms with van der Waals surface area (Å²) in [6, 6.07) is 7.28. The van der Waals surface area contributed by atoms with Crippen molar-refractivity contribution in [2.24, 2.45) is 0 Å². The van der Waals surface area contributed by atoms with Crippen LogP contribution in [0.4, 0.5) is 5.69 Å². The molecule has 0 fully saturated rings. The van der Waals surface area contributed by atoms with E-state index >= 15 is 0 Å². The maximum atomic E-state index is 11.8. The lowest BCUT2D eigenvalue weighted by Crippen LogP contribution is -2.38. The molecule has 0 unspecified atom stereocenters. The van der Waals surface area contributed by atoms with E-state index < -0.39 is 0 Å². The third kappa shape index (κ3) is 5.85. The van der Waals surface area contributed by atoms with Crippen LogP contribution in [-0.2, 0) is 14.3 Å². The third-order valence-corrected chi connectivity index (χ3v) is 2.95. The van der Waals surface area contributed by atoms with Crippen molar-refractivity contribution in [2.75, 3.05) is 32.1 Å². The van der Waals surface area contributed by atoms with Crippen LogP contribution in [0.2, 0.25) is 0 Å². The molecule has 0 atom stereocenters. The van der Waals surface area contributed by atoms with Crippen LogP contribution in [0.15, 0.2) is 28.7 Å². The SMILES string of the molecule is COCCN(CC(=O)Nc1cccc(Br)c1)C(C)=O. The van der Waals surface area contributed by atoms with Gasteiger partial charge in [-0.2, -0.15) is 0 Å². The molecule has 0 bridgehead atoms. The van der Waals surface area contributed by atoms with Crippen LogP contribution in [0.25, 0.3) is 0 Å². The summed E-state index contributed by atoms with van der Waals surface area (Å²) < 4.78 is 5.79. The standard InChI is InChI=1S/C13H17BrN2O3/c1-10(17)16(6-7-19-2)9-13(18)15-12-5-3-4-11(14)8-12/h3-5,8H,6-7,9H2,1-2H3,(H,15,18). The largest absolute Gasteiger partial charge is 0.383 e. The Morgan fingerprint density at radius 2 is 2.16 bits per heavy atom. The van der Waals surface area contributed by atoms with E-state index in [0.29, 0.717) is 18.8 Å². The molecule has 0 saturated heterocycles. The van der Waals surface area contributed by atoms with Gasteiger partial charge in [-0.25, -0.2) is 0 Å². The first-order valence-electron chi connectivity index (χ1n) is 5.83. The molecule has 1 aromatic rings. The van der Waals surface area contributed by atoms with Crippen LogP contribution in [0.5, 0.6) is 0 Å². The topological polar surface area (TPSA) is 58.6 Å². The average molecular weight is 329 g/mol. The fourth-order valence-electron chi connectivity index (χ4n) is 1.49. The van der Waals surface area contributed by atoms with Gasteiger partial charge in [-0.15, -0.1) is 0 Å². The molecule has 0 saturated carbocycles. The molecule has 19 heavy (non-hydrogen) atoms. The molecule has 0 radical (unpaired) electrons. The molecule has 6 heteroatoms. The van der Waals surface area contributed by atoms with E-state index in [1.54, 1.807) is 19.2 Å². The van der Waals surface area contributed by atoms with E-state index in [0.717, 1.165) is 4.47 Å². The van der Waals surface area contributed by atoms with Crippen molar-refractivity contribution in [2.45, 2.75) is 6.92 Å². The molecule has 0 aliphatic heterocycles. The number of ether oxygens (including phenoxy) is 1. The second-order valence-corrected chi connectivity index (χ2v) is 4.91. The van der Waals surface area contributed by atoms with Crippen molar-refractivity contribution in [1.82, 2.24) is 4.90 Å². The fraction of sp³-hybridized carbons (Fsp3) is 0.385. The molecule has 0 heterocycles. The van der Waals surface area contributed by atoms with Gasteiger partial charge >= 0.3 is 0 Å². The number of nitrogens with zero attached hydrogens (tertiary/aromatic N) is 1. The highest BCUT2D eigenvalue weighted by molar-refractivity contribution is 9.10. The Morgan fingerprint density at radius 1 is 1.42 bits per heavy atom. The third-order valence-electron chi connectivity index (χ3n) is 2.45. The highest BCUT2D eigenvalue weighted by Gasteiger charge is 2.13. The van der Waals surface area contributed by atoms with Gasteiger partial charge in [0.1, 0.15) is 0 Å². The molecular weight excluding hydrogens is 312 g/mol. The van der Waals surface area contributed by atoms with Crippen molar-refractivity contribution < 1.29 is 14.3 Å². The monoisotopic (exact) mass is 328 g/mol. The van der Waals surface area contributed by atoms with E-state index in [4.69, 9.17) is 4.74 Å². The Morgan fingerprint density at radius 3 is 2.74 bits per heavy atom. The number of amides is 2. The summed E-state index contributed by atoms with van der Waals surface area (Å²) in [5.74, 6) is -0.383. The number of benzene rings is 1. The molecule has 0 spiro atoms. The zero-order valence-electron chi connectivity index (χ0n) is 11.0. The predicted octanol–water partition coefficient (Wildman–Crippen LogP) is 1.88. The quantitative estimate of drug-likeness (QED) is 0.867. The van der Waals surface area contributed by atoms with Crippen molar-refractivity contribution in [1.29, 1.82) is 0 Å². The Labute approximate surface area is 121 Å². The maximum absolute atomic E-state index is 11.8. The van der Waals surface area contributed by atoms with E-state index in [-0.39, 0.29) is 18.4 Å². The number of rotatable bonds is 6. The average Bonchev–Trinajstić information content (AvgIpc) is 2.34. The molecule has 1 aromatic carbocycles. The van der Waals surface area contributed by atoms with Crippen LogP contribution >= 0.6 is 15.9 Å². The number of carbonyl (C=O) groups is 2. The maximum Gasteiger partial charge on any atom is 0.243 e. The van der Waals surface area contributed by atoms with Gasteiger partial charge in [-0.3, -0.25) is 9.59 Å². The molecule has 1 N–H and O–H groups in total. The number of anilines is 1. The van der Waals surface area contributed by atoms with E-state index in [1.165, 1.54) is 11.8 Å². The van der Waals surface area contributed by atoms with Crippen LogP contribution in [0.3, 0.4) is 0 Å². The Balaban J connectivity index is 2.55. The molecule has 0 aromatic heterocycles. The highest BCUT2D eigenvalue weighted by Crippen LogP contribution is 2.15. The molecule has 1 rings (SSSR count). The summed E-state index contributed by atoms with van der Waals surface area (Å²) in [7, 11) is 1.56. The summed E-state index contributed by atoms with van der Waals surface area (Å²) in [6.07, 6.45) is 0. The predicted molar refractivity (Wildman–Crippen MR) is 76.9 cm³/mol. The first-order valence-corrected chi connectivity index (χ1v) is 6.62. The highest BCUT2D eigenvalue weighted by atomic mass is 79.9. The van der Waals surface area contributed by atoms with Gasteiger partial charge in [-0.1, -0.05) is 22.0 Å². The summed E-state index contributed by atoms with van der Waals surface area (Å²) in [4.78, 5) is 24.7. The van der Waals surface area contributed by atoms with E-state index in [2.05, 4.69) is 21.2 Å². The first-order chi connectivity index (χ1) is 9.02. The van der Waals surface area contributed by atoms with Crippen LogP contribution in [-0.4, -0.2) is 43.5 Å².